The average Bonchev–Trinajstić information content (AvgIpc) is 3.41. The summed E-state index contributed by atoms with van der Waals surface area (Å²) in [6, 6.07) is -0.0959. The molecule has 2 saturated carbocycles. The normalized spacial score (nSPS) is 22.1. The highest BCUT2D eigenvalue weighted by atomic mass is 32.1. The van der Waals surface area contributed by atoms with Crippen LogP contribution in [0.25, 0.3) is 0 Å². The summed E-state index contributed by atoms with van der Waals surface area (Å²) in [5.41, 5.74) is 1.11. The Morgan fingerprint density at radius 3 is 2.36 bits per heavy atom. The molecule has 1 aromatic heterocycles. The van der Waals surface area contributed by atoms with Gasteiger partial charge < -0.3 is 9.80 Å². The first-order chi connectivity index (χ1) is 12.2. The van der Waals surface area contributed by atoms with E-state index in [1.54, 1.807) is 4.90 Å². The van der Waals surface area contributed by atoms with Gasteiger partial charge in [-0.1, -0.05) is 19.3 Å². The van der Waals surface area contributed by atoms with Gasteiger partial charge in [0.2, 0.25) is 5.91 Å². The van der Waals surface area contributed by atoms with E-state index in [-0.39, 0.29) is 11.9 Å². The number of hydrogen-bond donors (Lipinski definition) is 1. The van der Waals surface area contributed by atoms with Crippen molar-refractivity contribution in [3.63, 3.8) is 0 Å². The van der Waals surface area contributed by atoms with Gasteiger partial charge in [0, 0.05) is 43.4 Å². The standard InChI is InChI=1S/C18H26N4O2S/c23-16(14-4-2-1-3-5-14)21-8-10-22(11-9-21)18(24)20-17-19-15(12-25-17)13-6-7-13/h12-14H,1-11H2,(H,19,20,24). The zero-order chi connectivity index (χ0) is 17.2. The van der Waals surface area contributed by atoms with Crippen LogP contribution < -0.4 is 5.32 Å². The minimum absolute atomic E-state index is 0.0959. The summed E-state index contributed by atoms with van der Waals surface area (Å²) in [6.07, 6.45) is 8.11. The molecule has 136 valence electrons. The van der Waals surface area contributed by atoms with Crippen LogP contribution in [-0.2, 0) is 4.79 Å². The lowest BCUT2D eigenvalue weighted by Crippen LogP contribution is -2.53. The highest BCUT2D eigenvalue weighted by Gasteiger charge is 2.30. The number of carbonyl (C=O) groups excluding carboxylic acids is 2. The largest absolute Gasteiger partial charge is 0.339 e. The van der Waals surface area contributed by atoms with Crippen molar-refractivity contribution in [3.05, 3.63) is 11.1 Å². The van der Waals surface area contributed by atoms with E-state index < -0.39 is 0 Å². The number of amides is 3. The lowest BCUT2D eigenvalue weighted by atomic mass is 9.88. The van der Waals surface area contributed by atoms with Crippen LogP contribution in [0.15, 0.2) is 5.38 Å². The Kier molecular flexibility index (Phi) is 4.92. The molecule has 0 unspecified atom stereocenters. The second-order valence-corrected chi connectivity index (χ2v) is 8.29. The van der Waals surface area contributed by atoms with Crippen LogP contribution in [0.1, 0.15) is 56.6 Å². The predicted octanol–water partition coefficient (Wildman–Crippen LogP) is 3.28. The highest BCUT2D eigenvalue weighted by Crippen LogP contribution is 2.40. The third-order valence-electron chi connectivity index (χ3n) is 5.56. The quantitative estimate of drug-likeness (QED) is 0.897. The van der Waals surface area contributed by atoms with Crippen molar-refractivity contribution in [3.8, 4) is 0 Å². The number of rotatable bonds is 3. The summed E-state index contributed by atoms with van der Waals surface area (Å²) in [7, 11) is 0. The van der Waals surface area contributed by atoms with Gasteiger partial charge in [0.25, 0.3) is 0 Å². The number of nitrogens with one attached hydrogen (secondary N) is 1. The summed E-state index contributed by atoms with van der Waals surface area (Å²) in [5, 5.41) is 5.65. The maximum absolute atomic E-state index is 12.6. The first-order valence-corrected chi connectivity index (χ1v) is 10.4. The number of anilines is 1. The van der Waals surface area contributed by atoms with Crippen LogP contribution in [0, 0.1) is 5.92 Å². The number of nitrogens with zero attached hydrogens (tertiary/aromatic N) is 3. The fourth-order valence-corrected chi connectivity index (χ4v) is 4.60. The molecular formula is C18H26N4O2S. The van der Waals surface area contributed by atoms with E-state index in [1.165, 1.54) is 43.4 Å². The van der Waals surface area contributed by atoms with Gasteiger partial charge in [0.15, 0.2) is 5.13 Å². The SMILES string of the molecule is O=C(Nc1nc(C2CC2)cs1)N1CCN(C(=O)C2CCCCC2)CC1. The van der Waals surface area contributed by atoms with Gasteiger partial charge in [0.05, 0.1) is 5.69 Å². The average molecular weight is 362 g/mol. The molecule has 1 aliphatic heterocycles. The van der Waals surface area contributed by atoms with Gasteiger partial charge in [-0.3, -0.25) is 10.1 Å². The summed E-state index contributed by atoms with van der Waals surface area (Å²) in [5.74, 6) is 1.12. The third-order valence-corrected chi connectivity index (χ3v) is 6.34. The van der Waals surface area contributed by atoms with Crippen LogP contribution in [0.4, 0.5) is 9.93 Å². The van der Waals surface area contributed by atoms with E-state index in [4.69, 9.17) is 0 Å². The lowest BCUT2D eigenvalue weighted by molar-refractivity contribution is -0.137. The Balaban J connectivity index is 1.25. The number of urea groups is 1. The zero-order valence-electron chi connectivity index (χ0n) is 14.6. The molecule has 3 amide bonds. The summed E-state index contributed by atoms with van der Waals surface area (Å²) >= 11 is 1.50. The Morgan fingerprint density at radius 2 is 1.68 bits per heavy atom. The molecule has 4 rings (SSSR count). The number of hydrogen-bond acceptors (Lipinski definition) is 4. The first-order valence-electron chi connectivity index (χ1n) is 9.51. The highest BCUT2D eigenvalue weighted by molar-refractivity contribution is 7.13. The third kappa shape index (κ3) is 3.97. The molecule has 0 aromatic carbocycles. The second-order valence-electron chi connectivity index (χ2n) is 7.43. The van der Waals surface area contributed by atoms with Crippen molar-refractivity contribution in [2.75, 3.05) is 31.5 Å². The molecule has 1 aromatic rings. The van der Waals surface area contributed by atoms with Gasteiger partial charge in [-0.2, -0.15) is 0 Å². The minimum atomic E-state index is -0.0959. The first kappa shape index (κ1) is 16.8. The Hall–Kier alpha value is -1.63. The van der Waals surface area contributed by atoms with Crippen molar-refractivity contribution >= 4 is 28.4 Å². The summed E-state index contributed by atoms with van der Waals surface area (Å²) in [6.45, 7) is 2.50. The molecule has 7 heteroatoms. The van der Waals surface area contributed by atoms with Crippen LogP contribution in [0.3, 0.4) is 0 Å². The molecule has 25 heavy (non-hydrogen) atoms. The van der Waals surface area contributed by atoms with E-state index in [0.29, 0.717) is 43.1 Å². The molecule has 0 bridgehead atoms. The maximum atomic E-state index is 12.6. The Morgan fingerprint density at radius 1 is 1.00 bits per heavy atom. The van der Waals surface area contributed by atoms with E-state index in [2.05, 4.69) is 10.3 Å². The fraction of sp³-hybridized carbons (Fsp3) is 0.722. The number of aromatic nitrogens is 1. The van der Waals surface area contributed by atoms with E-state index in [9.17, 15) is 9.59 Å². The summed E-state index contributed by atoms with van der Waals surface area (Å²) < 4.78 is 0. The van der Waals surface area contributed by atoms with E-state index >= 15 is 0 Å². The smallest absolute Gasteiger partial charge is 0.323 e. The van der Waals surface area contributed by atoms with Crippen molar-refractivity contribution in [2.24, 2.45) is 5.92 Å². The Labute approximate surface area is 152 Å². The van der Waals surface area contributed by atoms with Crippen molar-refractivity contribution in [1.82, 2.24) is 14.8 Å². The molecule has 2 aliphatic carbocycles. The van der Waals surface area contributed by atoms with Gasteiger partial charge in [-0.05, 0) is 25.7 Å². The number of carbonyl (C=O) groups is 2. The Bertz CT molecular complexity index is 629. The molecule has 2 heterocycles. The molecule has 0 spiro atoms. The minimum Gasteiger partial charge on any atom is -0.339 e. The topological polar surface area (TPSA) is 65.5 Å². The van der Waals surface area contributed by atoms with Crippen LogP contribution in [-0.4, -0.2) is 52.9 Å². The fourth-order valence-electron chi connectivity index (χ4n) is 3.82. The number of piperazine rings is 1. The predicted molar refractivity (Wildman–Crippen MR) is 97.8 cm³/mol. The molecule has 1 saturated heterocycles. The maximum Gasteiger partial charge on any atom is 0.323 e. The van der Waals surface area contributed by atoms with Crippen LogP contribution in [0.2, 0.25) is 0 Å². The molecule has 1 N–H and O–H groups in total. The molecular weight excluding hydrogens is 336 g/mol. The molecule has 0 radical (unpaired) electrons. The van der Waals surface area contributed by atoms with Crippen molar-refractivity contribution in [2.45, 2.75) is 50.9 Å². The molecule has 3 aliphatic rings. The van der Waals surface area contributed by atoms with E-state index in [1.807, 2.05) is 10.3 Å². The molecule has 0 atom stereocenters. The summed E-state index contributed by atoms with van der Waals surface area (Å²) in [4.78, 5) is 33.3. The van der Waals surface area contributed by atoms with Crippen molar-refractivity contribution < 1.29 is 9.59 Å². The van der Waals surface area contributed by atoms with Crippen LogP contribution in [0.5, 0.6) is 0 Å². The van der Waals surface area contributed by atoms with Gasteiger partial charge in [-0.25, -0.2) is 9.78 Å². The van der Waals surface area contributed by atoms with Gasteiger partial charge in [-0.15, -0.1) is 11.3 Å². The molecule has 3 fully saturated rings. The monoisotopic (exact) mass is 362 g/mol. The van der Waals surface area contributed by atoms with Gasteiger partial charge >= 0.3 is 6.03 Å². The number of thiazole rings is 1. The van der Waals surface area contributed by atoms with Crippen molar-refractivity contribution in [1.29, 1.82) is 0 Å². The lowest BCUT2D eigenvalue weighted by Gasteiger charge is -2.37. The molecule has 6 nitrogen and oxygen atoms in total. The van der Waals surface area contributed by atoms with Crippen LogP contribution >= 0.6 is 11.3 Å². The second kappa shape index (κ2) is 7.32. The van der Waals surface area contributed by atoms with Gasteiger partial charge in [0.1, 0.15) is 0 Å². The zero-order valence-corrected chi connectivity index (χ0v) is 15.4. The van der Waals surface area contributed by atoms with E-state index in [0.717, 1.165) is 18.5 Å².